The molecule has 2 aromatic heterocycles. The minimum Gasteiger partial charge on any atom is -0.330 e. The van der Waals surface area contributed by atoms with Crippen molar-refractivity contribution in [1.29, 1.82) is 0 Å². The Hall–Kier alpha value is -1.63. The van der Waals surface area contributed by atoms with Gasteiger partial charge in [-0.2, -0.15) is 0 Å². The van der Waals surface area contributed by atoms with E-state index in [2.05, 4.69) is 17.5 Å². The van der Waals surface area contributed by atoms with Crippen molar-refractivity contribution < 1.29 is 9.18 Å². The first-order valence-electron chi connectivity index (χ1n) is 8.00. The summed E-state index contributed by atoms with van der Waals surface area (Å²) < 4.78 is 13.8. The van der Waals surface area contributed by atoms with Gasteiger partial charge in [0.1, 0.15) is 5.82 Å². The van der Waals surface area contributed by atoms with Crippen molar-refractivity contribution in [3.63, 3.8) is 0 Å². The first-order chi connectivity index (χ1) is 12.2. The Morgan fingerprint density at radius 3 is 2.84 bits per heavy atom. The van der Waals surface area contributed by atoms with Crippen molar-refractivity contribution in [3.8, 4) is 0 Å². The molecule has 0 saturated heterocycles. The summed E-state index contributed by atoms with van der Waals surface area (Å²) in [5, 5.41) is 4.15. The van der Waals surface area contributed by atoms with Gasteiger partial charge in [-0.1, -0.05) is 18.2 Å². The van der Waals surface area contributed by atoms with E-state index in [4.69, 9.17) is 0 Å². The van der Waals surface area contributed by atoms with E-state index in [-0.39, 0.29) is 23.5 Å². The van der Waals surface area contributed by atoms with E-state index in [0.29, 0.717) is 11.4 Å². The van der Waals surface area contributed by atoms with Gasteiger partial charge >= 0.3 is 0 Å². The number of benzene rings is 1. The largest absolute Gasteiger partial charge is 0.330 e. The van der Waals surface area contributed by atoms with Crippen molar-refractivity contribution in [2.75, 3.05) is 12.3 Å². The maximum absolute atomic E-state index is 13.8. The SMILES string of the molecule is O=C(CSc1ccccc1F)N1CCc2sccc2[C@H]1c1cccs1. The molecule has 0 bridgehead atoms. The number of halogens is 1. The lowest BCUT2D eigenvalue weighted by Gasteiger charge is -2.35. The third kappa shape index (κ3) is 3.38. The summed E-state index contributed by atoms with van der Waals surface area (Å²) >= 11 is 4.71. The van der Waals surface area contributed by atoms with Gasteiger partial charge in [-0.25, -0.2) is 4.39 Å². The van der Waals surface area contributed by atoms with Crippen LogP contribution >= 0.6 is 34.4 Å². The second-order valence-electron chi connectivity index (χ2n) is 5.77. The summed E-state index contributed by atoms with van der Waals surface area (Å²) in [6.07, 6.45) is 0.894. The molecule has 0 N–H and O–H groups in total. The van der Waals surface area contributed by atoms with Crippen LogP contribution in [0.2, 0.25) is 0 Å². The van der Waals surface area contributed by atoms with Gasteiger partial charge in [0.2, 0.25) is 5.91 Å². The number of hydrogen-bond acceptors (Lipinski definition) is 4. The normalized spacial score (nSPS) is 16.7. The quantitative estimate of drug-likeness (QED) is 0.571. The second-order valence-corrected chi connectivity index (χ2v) is 8.77. The lowest BCUT2D eigenvalue weighted by Crippen LogP contribution is -2.40. The van der Waals surface area contributed by atoms with Gasteiger partial charge in [0.15, 0.2) is 0 Å². The van der Waals surface area contributed by atoms with Gasteiger partial charge in [-0.15, -0.1) is 34.4 Å². The summed E-state index contributed by atoms with van der Waals surface area (Å²) in [4.78, 5) is 17.9. The molecule has 6 heteroatoms. The molecule has 0 saturated carbocycles. The van der Waals surface area contributed by atoms with Gasteiger partial charge < -0.3 is 4.90 Å². The van der Waals surface area contributed by atoms with Crippen LogP contribution in [0.3, 0.4) is 0 Å². The fourth-order valence-electron chi connectivity index (χ4n) is 3.12. The van der Waals surface area contributed by atoms with Gasteiger partial charge in [-0.05, 0) is 47.0 Å². The van der Waals surface area contributed by atoms with Crippen LogP contribution in [-0.4, -0.2) is 23.1 Å². The predicted octanol–water partition coefficient (Wildman–Crippen LogP) is 5.22. The number of carbonyl (C=O) groups is 1. The fourth-order valence-corrected chi connectivity index (χ4v) is 5.71. The van der Waals surface area contributed by atoms with E-state index in [9.17, 15) is 9.18 Å². The predicted molar refractivity (Wildman–Crippen MR) is 103 cm³/mol. The summed E-state index contributed by atoms with van der Waals surface area (Å²) in [6, 6.07) is 12.8. The molecular formula is C19H16FNOS3. The summed E-state index contributed by atoms with van der Waals surface area (Å²) in [5.41, 5.74) is 1.24. The highest BCUT2D eigenvalue weighted by atomic mass is 32.2. The van der Waals surface area contributed by atoms with E-state index in [0.717, 1.165) is 6.42 Å². The van der Waals surface area contributed by atoms with Crippen LogP contribution in [0.5, 0.6) is 0 Å². The van der Waals surface area contributed by atoms with E-state index >= 15 is 0 Å². The number of hydrogen-bond donors (Lipinski definition) is 0. The number of fused-ring (bicyclic) bond motifs is 1. The zero-order valence-electron chi connectivity index (χ0n) is 13.4. The molecule has 1 aliphatic rings. The van der Waals surface area contributed by atoms with Crippen LogP contribution in [0.15, 0.2) is 58.1 Å². The zero-order valence-corrected chi connectivity index (χ0v) is 15.8. The van der Waals surface area contributed by atoms with Crippen LogP contribution in [0.4, 0.5) is 4.39 Å². The van der Waals surface area contributed by atoms with Crippen molar-refractivity contribution in [2.45, 2.75) is 17.4 Å². The molecule has 1 aliphatic heterocycles. The van der Waals surface area contributed by atoms with E-state index in [1.165, 1.54) is 33.1 Å². The Morgan fingerprint density at radius 1 is 1.16 bits per heavy atom. The number of thioether (sulfide) groups is 1. The van der Waals surface area contributed by atoms with Crippen LogP contribution in [0, 0.1) is 5.82 Å². The maximum atomic E-state index is 13.8. The Bertz CT molecular complexity index is 874. The first kappa shape index (κ1) is 16.8. The lowest BCUT2D eigenvalue weighted by atomic mass is 9.98. The van der Waals surface area contributed by atoms with Gasteiger partial charge in [0, 0.05) is 21.2 Å². The highest BCUT2D eigenvalue weighted by Crippen LogP contribution is 2.39. The number of carbonyl (C=O) groups excluding carboxylic acids is 1. The Balaban J connectivity index is 1.56. The molecule has 128 valence electrons. The molecule has 1 atom stereocenters. The molecule has 0 aliphatic carbocycles. The Labute approximate surface area is 158 Å². The highest BCUT2D eigenvalue weighted by Gasteiger charge is 2.33. The highest BCUT2D eigenvalue weighted by molar-refractivity contribution is 8.00. The molecule has 4 rings (SSSR count). The molecule has 0 radical (unpaired) electrons. The van der Waals surface area contributed by atoms with E-state index in [1.807, 2.05) is 16.3 Å². The number of nitrogens with zero attached hydrogens (tertiary/aromatic N) is 1. The molecule has 3 aromatic rings. The average Bonchev–Trinajstić information content (AvgIpc) is 3.31. The van der Waals surface area contributed by atoms with Gasteiger partial charge in [0.25, 0.3) is 0 Å². The first-order valence-corrected chi connectivity index (χ1v) is 10.7. The second kappa shape index (κ2) is 7.32. The van der Waals surface area contributed by atoms with Crippen LogP contribution < -0.4 is 0 Å². The van der Waals surface area contributed by atoms with Crippen LogP contribution in [0.25, 0.3) is 0 Å². The minimum atomic E-state index is -0.270. The van der Waals surface area contributed by atoms with Crippen molar-refractivity contribution >= 4 is 40.3 Å². The summed E-state index contributed by atoms with van der Waals surface area (Å²) in [5.74, 6) is 0.0415. The molecule has 2 nitrogen and oxygen atoms in total. The molecule has 0 unspecified atom stereocenters. The van der Waals surface area contributed by atoms with Crippen LogP contribution in [0.1, 0.15) is 21.4 Å². The van der Waals surface area contributed by atoms with Gasteiger partial charge in [-0.3, -0.25) is 4.79 Å². The van der Waals surface area contributed by atoms with E-state index in [1.54, 1.807) is 40.9 Å². The molecule has 0 spiro atoms. The number of rotatable bonds is 4. The number of thiophene rings is 2. The standard InChI is InChI=1S/C19H16FNOS3/c20-14-4-1-2-5-16(14)25-12-18(22)21-9-7-15-13(8-11-24-15)19(21)17-6-3-10-23-17/h1-6,8,10-11,19H,7,9,12H2/t19-/m0/s1. The Kier molecular flexibility index (Phi) is 4.92. The van der Waals surface area contributed by atoms with Crippen molar-refractivity contribution in [2.24, 2.45) is 0 Å². The molecule has 25 heavy (non-hydrogen) atoms. The van der Waals surface area contributed by atoms with Crippen LogP contribution in [-0.2, 0) is 11.2 Å². The third-order valence-electron chi connectivity index (χ3n) is 4.29. The zero-order chi connectivity index (χ0) is 17.2. The monoisotopic (exact) mass is 389 g/mol. The average molecular weight is 390 g/mol. The molecule has 0 fully saturated rings. The molecule has 1 aromatic carbocycles. The minimum absolute atomic E-state index is 0.0104. The van der Waals surface area contributed by atoms with Crippen molar-refractivity contribution in [1.82, 2.24) is 4.90 Å². The lowest BCUT2D eigenvalue weighted by molar-refractivity contribution is -0.130. The maximum Gasteiger partial charge on any atom is 0.233 e. The van der Waals surface area contributed by atoms with Gasteiger partial charge in [0.05, 0.1) is 11.8 Å². The third-order valence-corrected chi connectivity index (χ3v) is 7.24. The summed E-state index contributed by atoms with van der Waals surface area (Å²) in [7, 11) is 0. The Morgan fingerprint density at radius 2 is 2.04 bits per heavy atom. The molecular weight excluding hydrogens is 373 g/mol. The van der Waals surface area contributed by atoms with Crippen molar-refractivity contribution in [3.05, 3.63) is 74.4 Å². The van der Waals surface area contributed by atoms with E-state index < -0.39 is 0 Å². The topological polar surface area (TPSA) is 20.3 Å². The molecule has 3 heterocycles. The fraction of sp³-hybridized carbons (Fsp3) is 0.211. The number of amides is 1. The summed E-state index contributed by atoms with van der Waals surface area (Å²) in [6.45, 7) is 0.715. The molecule has 1 amide bonds. The smallest absolute Gasteiger partial charge is 0.233 e.